The van der Waals surface area contributed by atoms with Crippen molar-refractivity contribution < 1.29 is 9.47 Å². The van der Waals surface area contributed by atoms with Gasteiger partial charge in [0.25, 0.3) is 0 Å². The molecule has 0 saturated carbocycles. The van der Waals surface area contributed by atoms with Crippen LogP contribution in [0.1, 0.15) is 40.5 Å². The summed E-state index contributed by atoms with van der Waals surface area (Å²) in [5.41, 5.74) is 0. The van der Waals surface area contributed by atoms with Crippen LogP contribution in [0.2, 0.25) is 0 Å². The number of hydrogen-bond donors (Lipinski definition) is 1. The number of piperidine rings is 1. The van der Waals surface area contributed by atoms with Gasteiger partial charge in [-0.25, -0.2) is 4.98 Å². The molecule has 1 saturated heterocycles. The Balaban J connectivity index is 1.97. The molecule has 4 nitrogen and oxygen atoms in total. The smallest absolute Gasteiger partial charge is 0.213 e. The average molecular weight is 278 g/mol. The number of pyridine rings is 1. The van der Waals surface area contributed by atoms with Gasteiger partial charge in [-0.3, -0.25) is 0 Å². The number of hydrogen-bond acceptors (Lipinski definition) is 4. The summed E-state index contributed by atoms with van der Waals surface area (Å²) in [5, 5.41) is 3.51. The Bertz CT molecular complexity index is 405. The lowest BCUT2D eigenvalue weighted by Gasteiger charge is -2.35. The van der Waals surface area contributed by atoms with Crippen LogP contribution in [0.15, 0.2) is 18.3 Å². The van der Waals surface area contributed by atoms with E-state index in [1.165, 1.54) is 0 Å². The van der Waals surface area contributed by atoms with E-state index >= 15 is 0 Å². The molecule has 2 heterocycles. The van der Waals surface area contributed by atoms with E-state index in [4.69, 9.17) is 9.47 Å². The molecule has 0 aromatic carbocycles. The highest BCUT2D eigenvalue weighted by Gasteiger charge is 2.28. The molecule has 0 spiro atoms. The molecule has 1 aromatic rings. The molecule has 0 unspecified atom stereocenters. The van der Waals surface area contributed by atoms with Gasteiger partial charge < -0.3 is 14.8 Å². The van der Waals surface area contributed by atoms with E-state index in [0.717, 1.165) is 25.1 Å². The topological polar surface area (TPSA) is 43.4 Å². The Labute approximate surface area is 121 Å². The van der Waals surface area contributed by atoms with Crippen molar-refractivity contribution in [1.29, 1.82) is 0 Å². The summed E-state index contributed by atoms with van der Waals surface area (Å²) in [4.78, 5) is 4.35. The number of nitrogens with zero attached hydrogens (tertiary/aromatic N) is 1. The van der Waals surface area contributed by atoms with E-state index in [1.54, 1.807) is 6.20 Å². The second-order valence-electron chi connectivity index (χ2n) is 5.87. The number of rotatable bonds is 5. The molecule has 1 aliphatic heterocycles. The van der Waals surface area contributed by atoms with Crippen molar-refractivity contribution in [3.63, 3.8) is 0 Å². The molecule has 0 amide bonds. The van der Waals surface area contributed by atoms with Gasteiger partial charge in [0.2, 0.25) is 5.88 Å². The highest BCUT2D eigenvalue weighted by molar-refractivity contribution is 5.23. The lowest BCUT2D eigenvalue weighted by Crippen LogP contribution is -2.47. The summed E-state index contributed by atoms with van der Waals surface area (Å²) in [6.07, 6.45) is 4.31. The summed E-state index contributed by atoms with van der Waals surface area (Å²) >= 11 is 0. The van der Waals surface area contributed by atoms with Crippen LogP contribution < -0.4 is 14.8 Å². The van der Waals surface area contributed by atoms with Crippen LogP contribution in [0.5, 0.6) is 11.6 Å². The fourth-order valence-electron chi connectivity index (χ4n) is 2.59. The maximum Gasteiger partial charge on any atom is 0.213 e. The first-order valence-electron chi connectivity index (χ1n) is 7.61. The van der Waals surface area contributed by atoms with Crippen molar-refractivity contribution in [2.45, 2.75) is 58.8 Å². The maximum absolute atomic E-state index is 6.08. The third-order valence-electron chi connectivity index (χ3n) is 3.72. The largest absolute Gasteiger partial charge is 0.489 e. The lowest BCUT2D eigenvalue weighted by atomic mass is 9.90. The molecule has 112 valence electrons. The zero-order chi connectivity index (χ0) is 14.5. The predicted octanol–water partition coefficient (Wildman–Crippen LogP) is 3.02. The zero-order valence-electron chi connectivity index (χ0n) is 12.9. The monoisotopic (exact) mass is 278 g/mol. The van der Waals surface area contributed by atoms with E-state index in [-0.39, 0.29) is 12.2 Å². The van der Waals surface area contributed by atoms with E-state index in [1.807, 2.05) is 26.0 Å². The predicted molar refractivity (Wildman–Crippen MR) is 80.3 cm³/mol. The van der Waals surface area contributed by atoms with Crippen molar-refractivity contribution in [3.05, 3.63) is 18.3 Å². The quantitative estimate of drug-likeness (QED) is 0.899. The van der Waals surface area contributed by atoms with E-state index in [0.29, 0.717) is 17.8 Å². The Morgan fingerprint density at radius 3 is 2.80 bits per heavy atom. The molecular weight excluding hydrogens is 252 g/mol. The zero-order valence-corrected chi connectivity index (χ0v) is 12.9. The summed E-state index contributed by atoms with van der Waals surface area (Å²) in [7, 11) is 0. The first kappa shape index (κ1) is 15.1. The molecule has 1 aromatic heterocycles. The van der Waals surface area contributed by atoms with E-state index in [2.05, 4.69) is 24.1 Å². The van der Waals surface area contributed by atoms with Gasteiger partial charge in [0, 0.05) is 24.6 Å². The maximum atomic E-state index is 6.08. The Morgan fingerprint density at radius 1 is 1.40 bits per heavy atom. The summed E-state index contributed by atoms with van der Waals surface area (Å²) in [6, 6.07) is 4.33. The van der Waals surface area contributed by atoms with Gasteiger partial charge in [0.05, 0.1) is 12.3 Å². The highest BCUT2D eigenvalue weighted by Crippen LogP contribution is 2.24. The van der Waals surface area contributed by atoms with Gasteiger partial charge in [-0.1, -0.05) is 6.92 Å². The third kappa shape index (κ3) is 4.10. The molecule has 2 rings (SSSR count). The Hall–Kier alpha value is -1.29. The fraction of sp³-hybridized carbons (Fsp3) is 0.688. The van der Waals surface area contributed by atoms with Gasteiger partial charge in [0.1, 0.15) is 11.9 Å². The van der Waals surface area contributed by atoms with Crippen LogP contribution in [0.25, 0.3) is 0 Å². The van der Waals surface area contributed by atoms with Crippen molar-refractivity contribution >= 4 is 0 Å². The van der Waals surface area contributed by atoms with Crippen molar-refractivity contribution in [2.24, 2.45) is 5.92 Å². The molecule has 4 heteroatoms. The summed E-state index contributed by atoms with van der Waals surface area (Å²) in [5.74, 6) is 2.04. The van der Waals surface area contributed by atoms with Gasteiger partial charge >= 0.3 is 0 Å². The standard InChI is InChI=1S/C16H26N2O2/c1-5-13-9-17-12(4)8-15(13)20-16-7-6-14(10-18-16)19-11(2)3/h6-7,10-13,15,17H,5,8-9H2,1-4H3/t12-,13+,15-/m0/s1. The second kappa shape index (κ2) is 6.93. The minimum Gasteiger partial charge on any atom is -0.489 e. The van der Waals surface area contributed by atoms with Crippen molar-refractivity contribution in [3.8, 4) is 11.6 Å². The third-order valence-corrected chi connectivity index (χ3v) is 3.72. The van der Waals surface area contributed by atoms with Crippen LogP contribution in [0.4, 0.5) is 0 Å². The van der Waals surface area contributed by atoms with Gasteiger partial charge in [-0.15, -0.1) is 0 Å². The number of aromatic nitrogens is 1. The minimum absolute atomic E-state index is 0.165. The average Bonchev–Trinajstić information content (AvgIpc) is 2.41. The molecule has 0 bridgehead atoms. The molecule has 1 N–H and O–H groups in total. The summed E-state index contributed by atoms with van der Waals surface area (Å²) in [6.45, 7) is 9.46. The number of ether oxygens (including phenoxy) is 2. The van der Waals surface area contributed by atoms with E-state index in [9.17, 15) is 0 Å². The molecular formula is C16H26N2O2. The van der Waals surface area contributed by atoms with Crippen LogP contribution in [0, 0.1) is 5.92 Å². The molecule has 20 heavy (non-hydrogen) atoms. The van der Waals surface area contributed by atoms with Crippen LogP contribution in [-0.4, -0.2) is 29.8 Å². The molecule has 0 aliphatic carbocycles. The van der Waals surface area contributed by atoms with Crippen LogP contribution >= 0.6 is 0 Å². The van der Waals surface area contributed by atoms with Crippen LogP contribution in [-0.2, 0) is 0 Å². The van der Waals surface area contributed by atoms with Crippen molar-refractivity contribution in [1.82, 2.24) is 10.3 Å². The molecule has 1 aliphatic rings. The lowest BCUT2D eigenvalue weighted by molar-refractivity contribution is 0.0791. The Morgan fingerprint density at radius 2 is 2.20 bits per heavy atom. The van der Waals surface area contributed by atoms with Crippen molar-refractivity contribution in [2.75, 3.05) is 6.54 Å². The fourth-order valence-corrected chi connectivity index (χ4v) is 2.59. The molecule has 0 radical (unpaired) electrons. The van der Waals surface area contributed by atoms with Gasteiger partial charge in [-0.2, -0.15) is 0 Å². The highest BCUT2D eigenvalue weighted by atomic mass is 16.5. The normalized spacial score (nSPS) is 26.6. The second-order valence-corrected chi connectivity index (χ2v) is 5.87. The minimum atomic E-state index is 0.165. The first-order chi connectivity index (χ1) is 9.58. The van der Waals surface area contributed by atoms with E-state index < -0.39 is 0 Å². The SMILES string of the molecule is CC[C@@H]1CN[C@@H](C)C[C@@H]1Oc1ccc(OC(C)C)cn1. The molecule has 3 atom stereocenters. The summed E-state index contributed by atoms with van der Waals surface area (Å²) < 4.78 is 11.7. The Kier molecular flexibility index (Phi) is 5.24. The first-order valence-corrected chi connectivity index (χ1v) is 7.61. The van der Waals surface area contributed by atoms with Gasteiger partial charge in [0.15, 0.2) is 0 Å². The molecule has 1 fully saturated rings. The van der Waals surface area contributed by atoms with Gasteiger partial charge in [-0.05, 0) is 39.7 Å². The number of nitrogens with one attached hydrogen (secondary N) is 1. The van der Waals surface area contributed by atoms with Crippen LogP contribution in [0.3, 0.4) is 0 Å².